The van der Waals surface area contributed by atoms with Gasteiger partial charge in [-0.1, -0.05) is 28.1 Å². The second-order valence-electron chi connectivity index (χ2n) is 2.92. The predicted octanol–water partition coefficient (Wildman–Crippen LogP) is 2.98. The minimum Gasteiger partial charge on any atom is -0.481 e. The van der Waals surface area contributed by atoms with Crippen LogP contribution in [0.25, 0.3) is 0 Å². The van der Waals surface area contributed by atoms with Crippen LogP contribution < -0.4 is 0 Å². The number of alkyl halides is 1. The summed E-state index contributed by atoms with van der Waals surface area (Å²) in [5.74, 6) is -1.74. The molecule has 1 aromatic carbocycles. The molecule has 0 fully saturated rings. The van der Waals surface area contributed by atoms with Crippen LogP contribution in [0.3, 0.4) is 0 Å². The highest BCUT2D eigenvalue weighted by molar-refractivity contribution is 9.10. The molecular weight excluding hydrogens is 251 g/mol. The Kier molecular flexibility index (Phi) is 4.07. The molecule has 0 aliphatic heterocycles. The molecule has 0 saturated heterocycles. The van der Waals surface area contributed by atoms with E-state index >= 15 is 0 Å². The van der Waals surface area contributed by atoms with E-state index in [9.17, 15) is 9.18 Å². The molecule has 0 radical (unpaired) electrons. The summed E-state index contributed by atoms with van der Waals surface area (Å²) in [6, 6.07) is 6.94. The SMILES string of the molecule is O=C(O)C(CCF)c1cccc(Br)c1. The molecule has 0 heterocycles. The van der Waals surface area contributed by atoms with Crippen LogP contribution in [0.5, 0.6) is 0 Å². The molecule has 1 rings (SSSR count). The minimum absolute atomic E-state index is 0.0196. The first-order chi connectivity index (χ1) is 6.65. The van der Waals surface area contributed by atoms with Gasteiger partial charge in [0.25, 0.3) is 0 Å². The third kappa shape index (κ3) is 2.80. The molecule has 0 aliphatic rings. The Morgan fingerprint density at radius 3 is 2.79 bits per heavy atom. The van der Waals surface area contributed by atoms with E-state index in [1.165, 1.54) is 0 Å². The van der Waals surface area contributed by atoms with Crippen molar-refractivity contribution in [2.45, 2.75) is 12.3 Å². The maximum absolute atomic E-state index is 12.1. The molecular formula is C10H10BrFO2. The lowest BCUT2D eigenvalue weighted by Crippen LogP contribution is -2.12. The Balaban J connectivity index is 2.93. The van der Waals surface area contributed by atoms with Gasteiger partial charge in [-0.05, 0) is 24.1 Å². The highest BCUT2D eigenvalue weighted by Gasteiger charge is 2.19. The maximum atomic E-state index is 12.1. The van der Waals surface area contributed by atoms with Crippen molar-refractivity contribution in [1.82, 2.24) is 0 Å². The lowest BCUT2D eigenvalue weighted by atomic mass is 9.97. The Hall–Kier alpha value is -0.900. The number of carboxylic acid groups (broad SMARTS) is 1. The highest BCUT2D eigenvalue weighted by Crippen LogP contribution is 2.23. The normalized spacial score (nSPS) is 12.4. The molecule has 1 N–H and O–H groups in total. The molecule has 0 aromatic heterocycles. The third-order valence-electron chi connectivity index (χ3n) is 1.95. The number of hydrogen-bond acceptors (Lipinski definition) is 1. The van der Waals surface area contributed by atoms with Crippen LogP contribution in [-0.4, -0.2) is 17.8 Å². The van der Waals surface area contributed by atoms with Crippen LogP contribution in [-0.2, 0) is 4.79 Å². The van der Waals surface area contributed by atoms with Gasteiger partial charge in [0.1, 0.15) is 0 Å². The minimum atomic E-state index is -0.985. The van der Waals surface area contributed by atoms with Gasteiger partial charge in [-0.2, -0.15) is 0 Å². The zero-order valence-electron chi connectivity index (χ0n) is 7.41. The van der Waals surface area contributed by atoms with Crippen LogP contribution in [0.1, 0.15) is 17.9 Å². The summed E-state index contributed by atoms with van der Waals surface area (Å²) in [6.45, 7) is -0.622. The van der Waals surface area contributed by atoms with Gasteiger partial charge in [-0.25, -0.2) is 0 Å². The summed E-state index contributed by atoms with van der Waals surface area (Å²) in [7, 11) is 0. The molecule has 0 bridgehead atoms. The highest BCUT2D eigenvalue weighted by atomic mass is 79.9. The molecule has 2 nitrogen and oxygen atoms in total. The van der Waals surface area contributed by atoms with Gasteiger partial charge >= 0.3 is 5.97 Å². The van der Waals surface area contributed by atoms with Gasteiger partial charge < -0.3 is 5.11 Å². The number of hydrogen-bond donors (Lipinski definition) is 1. The van der Waals surface area contributed by atoms with Crippen LogP contribution in [0.15, 0.2) is 28.7 Å². The van der Waals surface area contributed by atoms with Crippen LogP contribution in [0, 0.1) is 0 Å². The lowest BCUT2D eigenvalue weighted by molar-refractivity contribution is -0.139. The van der Waals surface area contributed by atoms with Crippen molar-refractivity contribution in [2.75, 3.05) is 6.67 Å². The number of aliphatic carboxylic acids is 1. The van der Waals surface area contributed by atoms with E-state index in [1.807, 2.05) is 0 Å². The van der Waals surface area contributed by atoms with Crippen molar-refractivity contribution >= 4 is 21.9 Å². The Bertz CT molecular complexity index is 328. The van der Waals surface area contributed by atoms with E-state index in [2.05, 4.69) is 15.9 Å². The molecule has 1 aromatic rings. The van der Waals surface area contributed by atoms with E-state index in [-0.39, 0.29) is 6.42 Å². The maximum Gasteiger partial charge on any atom is 0.311 e. The number of halogens is 2. The molecule has 0 spiro atoms. The summed E-state index contributed by atoms with van der Waals surface area (Å²) < 4.78 is 12.9. The van der Waals surface area contributed by atoms with Gasteiger partial charge in [0.2, 0.25) is 0 Å². The molecule has 14 heavy (non-hydrogen) atoms. The van der Waals surface area contributed by atoms with E-state index in [0.717, 1.165) is 4.47 Å². The Morgan fingerprint density at radius 1 is 1.57 bits per heavy atom. The molecule has 4 heteroatoms. The first-order valence-electron chi connectivity index (χ1n) is 4.19. The van der Waals surface area contributed by atoms with Crippen molar-refractivity contribution in [2.24, 2.45) is 0 Å². The van der Waals surface area contributed by atoms with Crippen molar-refractivity contribution < 1.29 is 14.3 Å². The molecule has 0 aliphatic carbocycles. The summed E-state index contributed by atoms with van der Waals surface area (Å²) >= 11 is 3.24. The molecule has 0 saturated carbocycles. The van der Waals surface area contributed by atoms with E-state index in [1.54, 1.807) is 24.3 Å². The summed E-state index contributed by atoms with van der Waals surface area (Å²) in [5.41, 5.74) is 0.629. The second-order valence-corrected chi connectivity index (χ2v) is 3.84. The third-order valence-corrected chi connectivity index (χ3v) is 2.44. The first-order valence-corrected chi connectivity index (χ1v) is 4.98. The van der Waals surface area contributed by atoms with Gasteiger partial charge in [-0.15, -0.1) is 0 Å². The zero-order valence-corrected chi connectivity index (χ0v) is 9.00. The number of carbonyl (C=O) groups is 1. The molecule has 1 unspecified atom stereocenters. The molecule has 0 amide bonds. The fourth-order valence-electron chi connectivity index (χ4n) is 1.27. The summed E-state index contributed by atoms with van der Waals surface area (Å²) in [6.07, 6.45) is 0.0196. The number of carboxylic acids is 1. The topological polar surface area (TPSA) is 37.3 Å². The van der Waals surface area contributed by atoms with Crippen molar-refractivity contribution in [3.8, 4) is 0 Å². The standard InChI is InChI=1S/C10H10BrFO2/c11-8-3-1-2-7(6-8)9(4-5-12)10(13)14/h1-3,6,9H,4-5H2,(H,13,14). The van der Waals surface area contributed by atoms with Gasteiger partial charge in [0.05, 0.1) is 12.6 Å². The molecule has 76 valence electrons. The smallest absolute Gasteiger partial charge is 0.311 e. The second kappa shape index (κ2) is 5.10. The molecule has 1 atom stereocenters. The Labute approximate surface area is 89.9 Å². The number of rotatable bonds is 4. The van der Waals surface area contributed by atoms with Crippen molar-refractivity contribution in [3.05, 3.63) is 34.3 Å². The van der Waals surface area contributed by atoms with Gasteiger partial charge in [0, 0.05) is 4.47 Å². The van der Waals surface area contributed by atoms with Crippen LogP contribution in [0.4, 0.5) is 4.39 Å². The van der Waals surface area contributed by atoms with E-state index < -0.39 is 18.6 Å². The average Bonchev–Trinajstić information content (AvgIpc) is 2.13. The van der Waals surface area contributed by atoms with Crippen molar-refractivity contribution in [1.29, 1.82) is 0 Å². The Morgan fingerprint density at radius 2 is 2.29 bits per heavy atom. The fraction of sp³-hybridized carbons (Fsp3) is 0.300. The summed E-state index contributed by atoms with van der Waals surface area (Å²) in [4.78, 5) is 10.8. The summed E-state index contributed by atoms with van der Waals surface area (Å²) in [5, 5.41) is 8.87. The first kappa shape index (κ1) is 11.2. The lowest BCUT2D eigenvalue weighted by Gasteiger charge is -2.10. The fourth-order valence-corrected chi connectivity index (χ4v) is 1.68. The van der Waals surface area contributed by atoms with E-state index in [0.29, 0.717) is 5.56 Å². The largest absolute Gasteiger partial charge is 0.481 e. The van der Waals surface area contributed by atoms with Crippen molar-refractivity contribution in [3.63, 3.8) is 0 Å². The predicted molar refractivity (Wildman–Crippen MR) is 55.1 cm³/mol. The quantitative estimate of drug-likeness (QED) is 0.904. The monoisotopic (exact) mass is 260 g/mol. The van der Waals surface area contributed by atoms with Crippen LogP contribution in [0.2, 0.25) is 0 Å². The average molecular weight is 261 g/mol. The van der Waals surface area contributed by atoms with E-state index in [4.69, 9.17) is 5.11 Å². The zero-order chi connectivity index (χ0) is 10.6. The van der Waals surface area contributed by atoms with Gasteiger partial charge in [-0.3, -0.25) is 9.18 Å². The van der Waals surface area contributed by atoms with Gasteiger partial charge in [0.15, 0.2) is 0 Å². The number of benzene rings is 1. The van der Waals surface area contributed by atoms with Crippen LogP contribution >= 0.6 is 15.9 Å².